The van der Waals surface area contributed by atoms with E-state index in [1.807, 2.05) is 12.1 Å². The van der Waals surface area contributed by atoms with Crippen LogP contribution < -0.4 is 5.73 Å². The Labute approximate surface area is 84.9 Å². The van der Waals surface area contributed by atoms with Crippen molar-refractivity contribution >= 4 is 30.9 Å². The standard InChI is InChI=1S/C6H7NS2.CHF3/c7-5-2-1-4(8)3-6(5)9;2-1(3)4/h1-3,8-9H,7H2;1H. The normalized spacial score (nSPS) is 9.38. The molecule has 0 unspecified atom stereocenters. The Hall–Kier alpha value is -0.490. The molecule has 13 heavy (non-hydrogen) atoms. The summed E-state index contributed by atoms with van der Waals surface area (Å²) in [4.78, 5) is 1.66. The molecule has 0 aliphatic heterocycles. The third-order valence-electron chi connectivity index (χ3n) is 1.01. The number of nitrogens with two attached hydrogens (primary N) is 1. The maximum atomic E-state index is 9.67. The van der Waals surface area contributed by atoms with E-state index in [2.05, 4.69) is 25.3 Å². The van der Waals surface area contributed by atoms with Gasteiger partial charge in [-0.2, -0.15) is 13.2 Å². The van der Waals surface area contributed by atoms with Crippen LogP contribution in [-0.2, 0) is 0 Å². The molecule has 0 radical (unpaired) electrons. The fourth-order valence-corrected chi connectivity index (χ4v) is 1.05. The van der Waals surface area contributed by atoms with Gasteiger partial charge in [-0.25, -0.2) is 0 Å². The largest absolute Gasteiger partial charge is 0.398 e. The van der Waals surface area contributed by atoms with Crippen molar-refractivity contribution in [1.82, 2.24) is 0 Å². The first-order valence-electron chi connectivity index (χ1n) is 3.13. The molecule has 1 rings (SSSR count). The molecule has 0 aliphatic rings. The second kappa shape index (κ2) is 6.04. The lowest BCUT2D eigenvalue weighted by molar-refractivity contribution is 0.00819. The van der Waals surface area contributed by atoms with E-state index in [0.717, 1.165) is 9.79 Å². The molecule has 0 fully saturated rings. The zero-order chi connectivity index (χ0) is 10.4. The van der Waals surface area contributed by atoms with Gasteiger partial charge in [-0.1, -0.05) is 0 Å². The second-order valence-electron chi connectivity index (χ2n) is 1.99. The lowest BCUT2D eigenvalue weighted by Crippen LogP contribution is -1.84. The average Bonchev–Trinajstić information content (AvgIpc) is 1.96. The summed E-state index contributed by atoms with van der Waals surface area (Å²) in [6.07, 6.45) is 0. The van der Waals surface area contributed by atoms with Gasteiger partial charge < -0.3 is 5.73 Å². The SMILES string of the molecule is FC(F)F.Nc1ccc(S)cc1S. The molecule has 0 amide bonds. The summed E-state index contributed by atoms with van der Waals surface area (Å²) in [5.41, 5.74) is 6.17. The Morgan fingerprint density at radius 1 is 1.15 bits per heavy atom. The molecule has 6 heteroatoms. The van der Waals surface area contributed by atoms with E-state index < -0.39 is 6.68 Å². The monoisotopic (exact) mass is 227 g/mol. The van der Waals surface area contributed by atoms with E-state index in [-0.39, 0.29) is 0 Å². The molecule has 2 N–H and O–H groups in total. The number of alkyl halides is 3. The van der Waals surface area contributed by atoms with Gasteiger partial charge in [0.1, 0.15) is 0 Å². The molecule has 0 saturated carbocycles. The molecule has 1 aromatic carbocycles. The van der Waals surface area contributed by atoms with Gasteiger partial charge in [0, 0.05) is 15.5 Å². The van der Waals surface area contributed by atoms with Crippen molar-refractivity contribution in [1.29, 1.82) is 0 Å². The summed E-state index contributed by atoms with van der Waals surface area (Å²) >= 11 is 8.19. The highest BCUT2D eigenvalue weighted by molar-refractivity contribution is 7.81. The minimum absolute atomic E-state index is 0.691. The summed E-state index contributed by atoms with van der Waals surface area (Å²) in [5, 5.41) is 0. The third kappa shape index (κ3) is 6.65. The number of benzene rings is 1. The van der Waals surface area contributed by atoms with E-state index >= 15 is 0 Å². The predicted octanol–water partition coefficient (Wildman–Crippen LogP) is 3.02. The van der Waals surface area contributed by atoms with Crippen molar-refractivity contribution in [3.8, 4) is 0 Å². The average molecular weight is 227 g/mol. The van der Waals surface area contributed by atoms with Crippen molar-refractivity contribution in [2.75, 3.05) is 5.73 Å². The van der Waals surface area contributed by atoms with Gasteiger partial charge in [-0.3, -0.25) is 0 Å². The van der Waals surface area contributed by atoms with Crippen LogP contribution in [0.25, 0.3) is 0 Å². The van der Waals surface area contributed by atoms with Crippen LogP contribution in [0, 0.1) is 0 Å². The summed E-state index contributed by atoms with van der Waals surface area (Å²) < 4.78 is 29.0. The zero-order valence-corrected chi connectivity index (χ0v) is 8.20. The Bertz CT molecular complexity index is 265. The van der Waals surface area contributed by atoms with Crippen LogP contribution >= 0.6 is 25.3 Å². The van der Waals surface area contributed by atoms with Gasteiger partial charge >= 0.3 is 6.68 Å². The summed E-state index contributed by atoms with van der Waals surface area (Å²) in [6.45, 7) is -3.67. The highest BCUT2D eigenvalue weighted by Gasteiger charge is 1.91. The quantitative estimate of drug-likeness (QED) is 0.461. The van der Waals surface area contributed by atoms with Crippen molar-refractivity contribution in [3.05, 3.63) is 18.2 Å². The highest BCUT2D eigenvalue weighted by atomic mass is 32.1. The molecule has 0 spiro atoms. The van der Waals surface area contributed by atoms with Crippen LogP contribution in [-0.4, -0.2) is 6.68 Å². The molecule has 0 saturated heterocycles. The third-order valence-corrected chi connectivity index (χ3v) is 1.68. The maximum absolute atomic E-state index is 9.67. The first-order valence-corrected chi connectivity index (χ1v) is 4.02. The first-order chi connectivity index (χ1) is 5.93. The second-order valence-corrected chi connectivity index (χ2v) is 2.99. The Morgan fingerprint density at radius 3 is 1.92 bits per heavy atom. The Morgan fingerprint density at radius 2 is 1.62 bits per heavy atom. The fourth-order valence-electron chi connectivity index (χ4n) is 0.532. The minimum atomic E-state index is -3.67. The lowest BCUT2D eigenvalue weighted by Gasteiger charge is -1.96. The number of halogens is 3. The predicted molar refractivity (Wildman–Crippen MR) is 52.5 cm³/mol. The van der Waals surface area contributed by atoms with Crippen LogP contribution in [0.3, 0.4) is 0 Å². The van der Waals surface area contributed by atoms with Crippen molar-refractivity contribution in [3.63, 3.8) is 0 Å². The van der Waals surface area contributed by atoms with Crippen LogP contribution in [0.4, 0.5) is 18.9 Å². The van der Waals surface area contributed by atoms with Crippen LogP contribution in [0.2, 0.25) is 0 Å². The van der Waals surface area contributed by atoms with E-state index in [0.29, 0.717) is 5.69 Å². The first kappa shape index (κ1) is 12.5. The number of rotatable bonds is 0. The highest BCUT2D eigenvalue weighted by Crippen LogP contribution is 2.19. The number of anilines is 1. The van der Waals surface area contributed by atoms with Crippen molar-refractivity contribution < 1.29 is 13.2 Å². The lowest BCUT2D eigenvalue weighted by atomic mass is 10.3. The number of hydrogen-bond acceptors (Lipinski definition) is 3. The van der Waals surface area contributed by atoms with E-state index in [1.54, 1.807) is 6.07 Å². The molecule has 1 nitrogen and oxygen atoms in total. The van der Waals surface area contributed by atoms with E-state index in [1.165, 1.54) is 0 Å². The van der Waals surface area contributed by atoms with Gasteiger partial charge in [0.15, 0.2) is 0 Å². The molecule has 74 valence electrons. The van der Waals surface area contributed by atoms with Crippen LogP contribution in [0.5, 0.6) is 0 Å². The molecular formula is C7H8F3NS2. The van der Waals surface area contributed by atoms with Crippen LogP contribution in [0.1, 0.15) is 0 Å². The molecule has 0 aromatic heterocycles. The van der Waals surface area contributed by atoms with Gasteiger partial charge in [-0.15, -0.1) is 25.3 Å². The van der Waals surface area contributed by atoms with E-state index in [4.69, 9.17) is 5.73 Å². The molecule has 0 heterocycles. The minimum Gasteiger partial charge on any atom is -0.398 e. The Kier molecular flexibility index (Phi) is 5.81. The van der Waals surface area contributed by atoms with Gasteiger partial charge in [0.2, 0.25) is 0 Å². The summed E-state index contributed by atoms with van der Waals surface area (Å²) in [6, 6.07) is 5.42. The van der Waals surface area contributed by atoms with E-state index in [9.17, 15) is 13.2 Å². The maximum Gasteiger partial charge on any atom is 0.379 e. The molecule has 0 atom stereocenters. The molecule has 0 aliphatic carbocycles. The number of hydrogen-bond donors (Lipinski definition) is 3. The van der Waals surface area contributed by atoms with Crippen molar-refractivity contribution in [2.45, 2.75) is 16.5 Å². The van der Waals surface area contributed by atoms with Gasteiger partial charge in [-0.05, 0) is 18.2 Å². The zero-order valence-electron chi connectivity index (χ0n) is 6.42. The van der Waals surface area contributed by atoms with Crippen LogP contribution in [0.15, 0.2) is 28.0 Å². The molecule has 1 aromatic rings. The molecular weight excluding hydrogens is 219 g/mol. The Balaban J connectivity index is 0.000000310. The topological polar surface area (TPSA) is 26.0 Å². The smallest absolute Gasteiger partial charge is 0.379 e. The van der Waals surface area contributed by atoms with Gasteiger partial charge in [0.05, 0.1) is 0 Å². The fraction of sp³-hybridized carbons (Fsp3) is 0.143. The molecule has 0 bridgehead atoms. The summed E-state index contributed by atoms with van der Waals surface area (Å²) in [5.74, 6) is 0. The van der Waals surface area contributed by atoms with Crippen molar-refractivity contribution in [2.24, 2.45) is 0 Å². The number of thiol groups is 2. The summed E-state index contributed by atoms with van der Waals surface area (Å²) in [7, 11) is 0. The van der Waals surface area contributed by atoms with Gasteiger partial charge in [0.25, 0.3) is 0 Å². The number of nitrogen functional groups attached to an aromatic ring is 1.